The minimum Gasteiger partial charge on any atom is -0.350 e. The highest BCUT2D eigenvalue weighted by Gasteiger charge is 2.25. The molecule has 7 nitrogen and oxygen atoms in total. The van der Waals surface area contributed by atoms with Crippen molar-refractivity contribution in [2.45, 2.75) is 66.0 Å². The molecule has 0 unspecified atom stereocenters. The summed E-state index contributed by atoms with van der Waals surface area (Å²) in [6.45, 7) is 9.72. The van der Waals surface area contributed by atoms with Gasteiger partial charge in [-0.25, -0.2) is 18.9 Å². The van der Waals surface area contributed by atoms with E-state index in [-0.39, 0.29) is 23.7 Å². The largest absolute Gasteiger partial charge is 0.352 e. The Hall–Kier alpha value is -2.22. The minimum absolute atomic E-state index is 0.0952. The summed E-state index contributed by atoms with van der Waals surface area (Å²) in [6.07, 6.45) is 3.18. The van der Waals surface area contributed by atoms with Gasteiger partial charge in [0, 0.05) is 10.4 Å². The van der Waals surface area contributed by atoms with Gasteiger partial charge in [0.1, 0.15) is 17.2 Å². The Bertz CT molecular complexity index is 1120. The van der Waals surface area contributed by atoms with Crippen molar-refractivity contribution in [1.29, 1.82) is 0 Å². The number of hydrogen-bond acceptors (Lipinski definition) is 5. The first-order chi connectivity index (χ1) is 12.6. The van der Waals surface area contributed by atoms with Gasteiger partial charge >= 0.3 is 5.69 Å². The van der Waals surface area contributed by atoms with Crippen LogP contribution in [0.5, 0.6) is 0 Å². The van der Waals surface area contributed by atoms with E-state index in [1.165, 1.54) is 19.5 Å². The van der Waals surface area contributed by atoms with Crippen molar-refractivity contribution < 1.29 is 4.79 Å². The first-order valence-electron chi connectivity index (χ1n) is 9.35. The van der Waals surface area contributed by atoms with Gasteiger partial charge in [-0.05, 0) is 58.4 Å². The average molecular weight is 388 g/mol. The van der Waals surface area contributed by atoms with Crippen LogP contribution in [0.1, 0.15) is 50.4 Å². The number of thiophene rings is 1. The number of fused-ring (bicyclic) bond motifs is 5. The Morgan fingerprint density at radius 2 is 2.11 bits per heavy atom. The normalized spacial score (nSPS) is 17.4. The standard InChI is InChI=1S/C19H25N5O2S/c1-10-6-7-12-13(8-10)27-17-15(12)16-22-23(9-14(25)21-19(3,4)5)18(26)24(16)11(2)20-17/h10H,6-9H2,1-5H3,(H,21,25)/t10-/m1/s1. The number of hydrogen-bond donors (Lipinski definition) is 1. The zero-order chi connectivity index (χ0) is 19.5. The third kappa shape index (κ3) is 3.16. The third-order valence-electron chi connectivity index (χ3n) is 4.95. The van der Waals surface area contributed by atoms with E-state index in [1.807, 2.05) is 27.7 Å². The molecule has 3 aromatic heterocycles. The van der Waals surface area contributed by atoms with Gasteiger partial charge in [0.05, 0.1) is 5.39 Å². The van der Waals surface area contributed by atoms with E-state index in [4.69, 9.17) is 0 Å². The summed E-state index contributed by atoms with van der Waals surface area (Å²) < 4.78 is 2.79. The van der Waals surface area contributed by atoms with Crippen LogP contribution < -0.4 is 11.0 Å². The summed E-state index contributed by atoms with van der Waals surface area (Å²) in [6, 6.07) is 0. The Balaban J connectivity index is 1.86. The highest BCUT2D eigenvalue weighted by atomic mass is 32.1. The van der Waals surface area contributed by atoms with Crippen molar-refractivity contribution >= 4 is 33.1 Å². The highest BCUT2D eigenvalue weighted by molar-refractivity contribution is 7.19. The maximum absolute atomic E-state index is 12.9. The van der Waals surface area contributed by atoms with Crippen LogP contribution in [0.25, 0.3) is 15.9 Å². The van der Waals surface area contributed by atoms with Crippen molar-refractivity contribution in [3.63, 3.8) is 0 Å². The van der Waals surface area contributed by atoms with Gasteiger partial charge < -0.3 is 5.32 Å². The molecule has 0 spiro atoms. The molecule has 144 valence electrons. The Morgan fingerprint density at radius 1 is 1.37 bits per heavy atom. The number of aryl methyl sites for hydroxylation is 2. The molecule has 0 bridgehead atoms. The van der Waals surface area contributed by atoms with Gasteiger partial charge in [0.2, 0.25) is 5.91 Å². The fourth-order valence-electron chi connectivity index (χ4n) is 3.80. The number of nitrogens with zero attached hydrogens (tertiary/aromatic N) is 4. The fraction of sp³-hybridized carbons (Fsp3) is 0.579. The molecule has 0 aliphatic heterocycles. The van der Waals surface area contributed by atoms with Crippen LogP contribution in [0.4, 0.5) is 0 Å². The predicted molar refractivity (Wildman–Crippen MR) is 106 cm³/mol. The lowest BCUT2D eigenvalue weighted by Gasteiger charge is -2.20. The number of rotatable bonds is 2. The summed E-state index contributed by atoms with van der Waals surface area (Å²) in [5.41, 5.74) is 1.23. The molecule has 1 atom stereocenters. The van der Waals surface area contributed by atoms with Gasteiger partial charge in [0.15, 0.2) is 5.65 Å². The molecule has 27 heavy (non-hydrogen) atoms. The molecule has 8 heteroatoms. The van der Waals surface area contributed by atoms with Crippen molar-refractivity contribution in [3.8, 4) is 0 Å². The summed E-state index contributed by atoms with van der Waals surface area (Å²) >= 11 is 1.71. The van der Waals surface area contributed by atoms with E-state index >= 15 is 0 Å². The Morgan fingerprint density at radius 3 is 2.81 bits per heavy atom. The quantitative estimate of drug-likeness (QED) is 0.732. The fourth-order valence-corrected chi connectivity index (χ4v) is 5.22. The van der Waals surface area contributed by atoms with Gasteiger partial charge in [0.25, 0.3) is 0 Å². The number of aromatic nitrogens is 4. The molecule has 0 radical (unpaired) electrons. The highest BCUT2D eigenvalue weighted by Crippen LogP contribution is 2.38. The van der Waals surface area contributed by atoms with Crippen LogP contribution in [-0.2, 0) is 24.2 Å². The first kappa shape index (κ1) is 18.2. The molecule has 3 aromatic rings. The minimum atomic E-state index is -0.353. The van der Waals surface area contributed by atoms with Crippen LogP contribution in [0.3, 0.4) is 0 Å². The van der Waals surface area contributed by atoms with E-state index in [1.54, 1.807) is 11.3 Å². The van der Waals surface area contributed by atoms with Crippen molar-refractivity contribution in [2.75, 3.05) is 0 Å². The summed E-state index contributed by atoms with van der Waals surface area (Å²) in [5, 5.41) is 8.41. The number of amides is 1. The molecule has 0 fully saturated rings. The smallest absolute Gasteiger partial charge is 0.350 e. The zero-order valence-electron chi connectivity index (χ0n) is 16.4. The van der Waals surface area contributed by atoms with Crippen LogP contribution in [-0.4, -0.2) is 30.6 Å². The van der Waals surface area contributed by atoms with E-state index in [2.05, 4.69) is 22.3 Å². The molecule has 4 rings (SSSR count). The van der Waals surface area contributed by atoms with Crippen molar-refractivity contribution in [2.24, 2.45) is 5.92 Å². The van der Waals surface area contributed by atoms with Gasteiger partial charge in [-0.15, -0.1) is 16.4 Å². The van der Waals surface area contributed by atoms with Crippen LogP contribution in [0.2, 0.25) is 0 Å². The summed E-state index contributed by atoms with van der Waals surface area (Å²) in [7, 11) is 0. The molecular weight excluding hydrogens is 362 g/mol. The SMILES string of the molecule is Cc1nc2sc3c(c2c2nn(CC(=O)NC(C)(C)C)c(=O)n12)CC[C@@H](C)C3. The lowest BCUT2D eigenvalue weighted by molar-refractivity contribution is -0.123. The predicted octanol–water partition coefficient (Wildman–Crippen LogP) is 2.45. The van der Waals surface area contributed by atoms with Crippen molar-refractivity contribution in [1.82, 2.24) is 24.5 Å². The molecular formula is C19H25N5O2S. The van der Waals surface area contributed by atoms with Gasteiger partial charge in [-0.2, -0.15) is 0 Å². The molecule has 1 amide bonds. The number of nitrogens with one attached hydrogen (secondary N) is 1. The second-order valence-corrected chi connectivity index (χ2v) is 9.67. The first-order valence-corrected chi connectivity index (χ1v) is 10.2. The van der Waals surface area contributed by atoms with Crippen LogP contribution in [0, 0.1) is 12.8 Å². The number of carbonyl (C=O) groups excluding carboxylic acids is 1. The third-order valence-corrected chi connectivity index (χ3v) is 6.10. The second-order valence-electron chi connectivity index (χ2n) is 8.59. The van der Waals surface area contributed by atoms with Crippen LogP contribution >= 0.6 is 11.3 Å². The van der Waals surface area contributed by atoms with Crippen molar-refractivity contribution in [3.05, 3.63) is 26.7 Å². The molecule has 1 aliphatic carbocycles. The summed E-state index contributed by atoms with van der Waals surface area (Å²) in [4.78, 5) is 32.1. The monoisotopic (exact) mass is 387 g/mol. The lowest BCUT2D eigenvalue weighted by atomic mass is 9.89. The summed E-state index contributed by atoms with van der Waals surface area (Å²) in [5.74, 6) is 1.05. The van der Waals surface area contributed by atoms with Gasteiger partial charge in [-0.3, -0.25) is 4.79 Å². The molecule has 0 saturated heterocycles. The molecule has 1 aliphatic rings. The Labute approximate surface area is 161 Å². The molecule has 0 saturated carbocycles. The van der Waals surface area contributed by atoms with E-state index < -0.39 is 0 Å². The van der Waals surface area contributed by atoms with E-state index in [0.717, 1.165) is 29.5 Å². The molecule has 0 aromatic carbocycles. The van der Waals surface area contributed by atoms with Gasteiger partial charge in [-0.1, -0.05) is 6.92 Å². The topological polar surface area (TPSA) is 81.3 Å². The van der Waals surface area contributed by atoms with Crippen LogP contribution in [0.15, 0.2) is 4.79 Å². The average Bonchev–Trinajstić information content (AvgIpc) is 3.03. The molecule has 3 heterocycles. The maximum atomic E-state index is 12.9. The zero-order valence-corrected chi connectivity index (χ0v) is 17.2. The Kier molecular flexibility index (Phi) is 4.14. The maximum Gasteiger partial charge on any atom is 0.352 e. The molecule has 1 N–H and O–H groups in total. The second kappa shape index (κ2) is 6.15. The van der Waals surface area contributed by atoms with E-state index in [9.17, 15) is 9.59 Å². The lowest BCUT2D eigenvalue weighted by Crippen LogP contribution is -2.43. The number of carbonyl (C=O) groups is 1. The van der Waals surface area contributed by atoms with E-state index in [0.29, 0.717) is 17.4 Å².